The third-order valence-electron chi connectivity index (χ3n) is 3.10. The first-order valence-corrected chi connectivity index (χ1v) is 6.59. The number of anilines is 1. The van der Waals surface area contributed by atoms with Gasteiger partial charge in [-0.05, 0) is 28.6 Å². The second-order valence-electron chi connectivity index (χ2n) is 4.23. The molecule has 3 aromatic carbocycles. The van der Waals surface area contributed by atoms with Crippen LogP contribution in [0.15, 0.2) is 65.1 Å². The highest BCUT2D eigenvalue weighted by atomic mass is 79.9. The number of nitrogen functional groups attached to an aromatic ring is 1. The summed E-state index contributed by atoms with van der Waals surface area (Å²) in [5, 5.41) is 2.26. The zero-order valence-electron chi connectivity index (χ0n) is 9.73. The maximum atomic E-state index is 6.14. The van der Waals surface area contributed by atoms with E-state index in [0.29, 0.717) is 0 Å². The first kappa shape index (κ1) is 11.3. The molecule has 0 radical (unpaired) electrons. The van der Waals surface area contributed by atoms with Gasteiger partial charge in [0.2, 0.25) is 0 Å². The molecule has 2 N–H and O–H groups in total. The normalized spacial score (nSPS) is 10.7. The summed E-state index contributed by atoms with van der Waals surface area (Å²) in [4.78, 5) is 0. The standard InChI is InChI=1S/C16H12BrN/c17-14-9-10-15(18)16-12(7-4-8-13(14)16)11-5-2-1-3-6-11/h1-10H,18H2. The molecule has 0 heterocycles. The van der Waals surface area contributed by atoms with E-state index in [1.807, 2.05) is 30.3 Å². The van der Waals surface area contributed by atoms with E-state index in [9.17, 15) is 0 Å². The summed E-state index contributed by atoms with van der Waals surface area (Å²) in [6.45, 7) is 0. The predicted octanol–water partition coefficient (Wildman–Crippen LogP) is 4.85. The molecule has 0 unspecified atom stereocenters. The molecule has 0 bridgehead atoms. The van der Waals surface area contributed by atoms with Crippen LogP contribution in [0.3, 0.4) is 0 Å². The number of benzene rings is 3. The Labute approximate surface area is 114 Å². The van der Waals surface area contributed by atoms with E-state index in [0.717, 1.165) is 20.9 Å². The minimum absolute atomic E-state index is 0.813. The molecular formula is C16H12BrN. The highest BCUT2D eigenvalue weighted by molar-refractivity contribution is 9.10. The molecule has 0 atom stereocenters. The first-order valence-electron chi connectivity index (χ1n) is 5.79. The number of halogens is 1. The van der Waals surface area contributed by atoms with Gasteiger partial charge in [0.15, 0.2) is 0 Å². The molecule has 0 aliphatic carbocycles. The molecule has 1 nitrogen and oxygen atoms in total. The fraction of sp³-hybridized carbons (Fsp3) is 0. The van der Waals surface area contributed by atoms with Crippen molar-refractivity contribution in [2.24, 2.45) is 0 Å². The Hall–Kier alpha value is -1.80. The van der Waals surface area contributed by atoms with E-state index in [4.69, 9.17) is 5.73 Å². The summed E-state index contributed by atoms with van der Waals surface area (Å²) < 4.78 is 1.07. The van der Waals surface area contributed by atoms with Crippen LogP contribution < -0.4 is 5.73 Å². The van der Waals surface area contributed by atoms with Crippen molar-refractivity contribution < 1.29 is 0 Å². The van der Waals surface area contributed by atoms with Gasteiger partial charge in [-0.15, -0.1) is 0 Å². The van der Waals surface area contributed by atoms with Crippen molar-refractivity contribution in [3.8, 4) is 11.1 Å². The third-order valence-corrected chi connectivity index (χ3v) is 3.80. The average Bonchev–Trinajstić information content (AvgIpc) is 2.43. The average molecular weight is 298 g/mol. The Morgan fingerprint density at radius 3 is 2.33 bits per heavy atom. The molecule has 0 aliphatic heterocycles. The van der Waals surface area contributed by atoms with Gasteiger partial charge in [0.05, 0.1) is 0 Å². The first-order chi connectivity index (χ1) is 8.77. The van der Waals surface area contributed by atoms with Crippen LogP contribution in [0.5, 0.6) is 0 Å². The lowest BCUT2D eigenvalue weighted by molar-refractivity contribution is 1.64. The van der Waals surface area contributed by atoms with Gasteiger partial charge in [0.1, 0.15) is 0 Å². The van der Waals surface area contributed by atoms with Crippen molar-refractivity contribution in [2.75, 3.05) is 5.73 Å². The summed E-state index contributed by atoms with van der Waals surface area (Å²) in [5.74, 6) is 0. The number of hydrogen-bond donors (Lipinski definition) is 1. The van der Waals surface area contributed by atoms with Gasteiger partial charge in [-0.3, -0.25) is 0 Å². The van der Waals surface area contributed by atoms with E-state index in [1.165, 1.54) is 11.1 Å². The summed E-state index contributed by atoms with van der Waals surface area (Å²) in [6, 6.07) is 20.5. The van der Waals surface area contributed by atoms with E-state index >= 15 is 0 Å². The molecule has 0 saturated heterocycles. The Morgan fingerprint density at radius 1 is 0.778 bits per heavy atom. The zero-order valence-corrected chi connectivity index (χ0v) is 11.3. The van der Waals surface area contributed by atoms with Crippen molar-refractivity contribution >= 4 is 32.4 Å². The van der Waals surface area contributed by atoms with Crippen LogP contribution in [0.4, 0.5) is 5.69 Å². The highest BCUT2D eigenvalue weighted by Crippen LogP contribution is 2.36. The Bertz CT molecular complexity index is 705. The molecular weight excluding hydrogens is 286 g/mol. The lowest BCUT2D eigenvalue weighted by Crippen LogP contribution is -1.90. The van der Waals surface area contributed by atoms with Crippen molar-refractivity contribution in [2.45, 2.75) is 0 Å². The number of fused-ring (bicyclic) bond motifs is 1. The van der Waals surface area contributed by atoms with Gasteiger partial charge in [-0.1, -0.05) is 64.5 Å². The summed E-state index contributed by atoms with van der Waals surface area (Å²) in [6.07, 6.45) is 0. The molecule has 0 spiro atoms. The van der Waals surface area contributed by atoms with E-state index in [2.05, 4.69) is 46.3 Å². The van der Waals surface area contributed by atoms with Crippen LogP contribution in [0, 0.1) is 0 Å². The molecule has 3 rings (SSSR count). The second-order valence-corrected chi connectivity index (χ2v) is 5.09. The van der Waals surface area contributed by atoms with E-state index < -0.39 is 0 Å². The number of hydrogen-bond acceptors (Lipinski definition) is 1. The van der Waals surface area contributed by atoms with Crippen LogP contribution >= 0.6 is 15.9 Å². The van der Waals surface area contributed by atoms with Gasteiger partial charge in [0, 0.05) is 15.5 Å². The van der Waals surface area contributed by atoms with Gasteiger partial charge in [-0.2, -0.15) is 0 Å². The largest absolute Gasteiger partial charge is 0.398 e. The fourth-order valence-electron chi connectivity index (χ4n) is 2.26. The molecule has 0 aliphatic rings. The molecule has 0 amide bonds. The molecule has 0 saturated carbocycles. The predicted molar refractivity (Wildman–Crippen MR) is 81.5 cm³/mol. The smallest absolute Gasteiger partial charge is 0.0400 e. The lowest BCUT2D eigenvalue weighted by atomic mass is 9.97. The Morgan fingerprint density at radius 2 is 1.56 bits per heavy atom. The Kier molecular flexibility index (Phi) is 2.80. The molecule has 0 aromatic heterocycles. The van der Waals surface area contributed by atoms with E-state index in [-0.39, 0.29) is 0 Å². The molecule has 0 fully saturated rings. The van der Waals surface area contributed by atoms with Crippen molar-refractivity contribution in [1.82, 2.24) is 0 Å². The quantitative estimate of drug-likeness (QED) is 0.638. The van der Waals surface area contributed by atoms with Crippen molar-refractivity contribution in [3.05, 3.63) is 65.1 Å². The number of rotatable bonds is 1. The number of nitrogens with two attached hydrogens (primary N) is 1. The monoisotopic (exact) mass is 297 g/mol. The summed E-state index contributed by atoms with van der Waals surface area (Å²) in [7, 11) is 0. The third kappa shape index (κ3) is 1.79. The zero-order chi connectivity index (χ0) is 12.5. The minimum atomic E-state index is 0.813. The van der Waals surface area contributed by atoms with Gasteiger partial charge in [0.25, 0.3) is 0 Å². The van der Waals surface area contributed by atoms with Crippen LogP contribution in [-0.2, 0) is 0 Å². The molecule has 88 valence electrons. The van der Waals surface area contributed by atoms with Gasteiger partial charge in [-0.25, -0.2) is 0 Å². The molecule has 3 aromatic rings. The summed E-state index contributed by atoms with van der Waals surface area (Å²) in [5.41, 5.74) is 9.32. The van der Waals surface area contributed by atoms with Gasteiger partial charge < -0.3 is 5.73 Å². The van der Waals surface area contributed by atoms with Crippen LogP contribution in [0.1, 0.15) is 0 Å². The topological polar surface area (TPSA) is 26.0 Å². The fourth-order valence-corrected chi connectivity index (χ4v) is 2.72. The van der Waals surface area contributed by atoms with Crippen molar-refractivity contribution in [3.63, 3.8) is 0 Å². The lowest BCUT2D eigenvalue weighted by Gasteiger charge is -2.10. The van der Waals surface area contributed by atoms with Crippen LogP contribution in [0.2, 0.25) is 0 Å². The maximum Gasteiger partial charge on any atom is 0.0400 e. The second kappa shape index (κ2) is 4.46. The van der Waals surface area contributed by atoms with E-state index in [1.54, 1.807) is 0 Å². The summed E-state index contributed by atoms with van der Waals surface area (Å²) >= 11 is 3.58. The molecule has 18 heavy (non-hydrogen) atoms. The molecule has 2 heteroatoms. The highest BCUT2D eigenvalue weighted by Gasteiger charge is 2.08. The van der Waals surface area contributed by atoms with Crippen molar-refractivity contribution in [1.29, 1.82) is 0 Å². The Balaban J connectivity index is 2.41. The maximum absolute atomic E-state index is 6.14. The van der Waals surface area contributed by atoms with Crippen LogP contribution in [-0.4, -0.2) is 0 Å². The van der Waals surface area contributed by atoms with Crippen LogP contribution in [0.25, 0.3) is 21.9 Å². The SMILES string of the molecule is Nc1ccc(Br)c2cccc(-c3ccccc3)c12. The van der Waals surface area contributed by atoms with Gasteiger partial charge >= 0.3 is 0 Å². The minimum Gasteiger partial charge on any atom is -0.398 e.